The van der Waals surface area contributed by atoms with Crippen LogP contribution in [0.25, 0.3) is 0 Å². The molecule has 3 amide bonds. The molecule has 182 valence electrons. The second-order valence-electron chi connectivity index (χ2n) is 8.27. The van der Waals surface area contributed by atoms with Gasteiger partial charge in [-0.25, -0.2) is 12.7 Å². The number of rotatable bonds is 9. The first kappa shape index (κ1) is 25.2. The van der Waals surface area contributed by atoms with Gasteiger partial charge in [-0.05, 0) is 50.1 Å². The maximum atomic E-state index is 13.5. The van der Waals surface area contributed by atoms with Crippen LogP contribution >= 0.6 is 0 Å². The number of nitrogens with zero attached hydrogens (tertiary/aromatic N) is 2. The number of hydrogen-bond acceptors (Lipinski definition) is 6. The first-order valence-corrected chi connectivity index (χ1v) is 12.4. The minimum atomic E-state index is -4.16. The van der Waals surface area contributed by atoms with E-state index >= 15 is 0 Å². The molecule has 10 heteroatoms. The van der Waals surface area contributed by atoms with Crippen molar-refractivity contribution in [3.8, 4) is 5.75 Å². The number of ether oxygens (including phenoxy) is 1. The number of methoxy groups -OCH3 is 1. The van der Waals surface area contributed by atoms with E-state index in [1.807, 2.05) is 13.8 Å². The predicted octanol–water partition coefficient (Wildman–Crippen LogP) is 2.17. The van der Waals surface area contributed by atoms with E-state index < -0.39 is 34.4 Å². The fourth-order valence-corrected chi connectivity index (χ4v) is 5.39. The highest BCUT2D eigenvalue weighted by atomic mass is 32.2. The van der Waals surface area contributed by atoms with Gasteiger partial charge in [0.25, 0.3) is 15.9 Å². The monoisotopic (exact) mass is 487 g/mol. The van der Waals surface area contributed by atoms with E-state index in [-0.39, 0.29) is 29.0 Å². The number of hydrogen-bond donors (Lipinski definition) is 1. The molecule has 1 aliphatic rings. The van der Waals surface area contributed by atoms with E-state index in [1.165, 1.54) is 30.2 Å². The summed E-state index contributed by atoms with van der Waals surface area (Å²) in [5, 5.41) is 2.81. The van der Waals surface area contributed by atoms with Crippen LogP contribution in [0.2, 0.25) is 0 Å². The van der Waals surface area contributed by atoms with Crippen LogP contribution in [0, 0.1) is 0 Å². The number of nitrogens with one attached hydrogen (secondary N) is 1. The Kier molecular flexibility index (Phi) is 7.61. The summed E-state index contributed by atoms with van der Waals surface area (Å²) in [5.41, 5.74) is 0.724. The van der Waals surface area contributed by atoms with E-state index in [0.717, 1.165) is 0 Å². The lowest BCUT2D eigenvalue weighted by Crippen LogP contribution is -2.53. The van der Waals surface area contributed by atoms with Gasteiger partial charge in [0, 0.05) is 12.6 Å². The standard InChI is InChI=1S/C24H29N3O6S/c1-5-20(23(29)25-16(2)3)26(14-17-9-8-10-18(13-17)33-4)22(28)15-27-24(30)19-11-6-7-12-21(19)34(27,31)32/h6-13,16,20H,5,14-15H2,1-4H3,(H,25,29). The molecular weight excluding hydrogens is 458 g/mol. The van der Waals surface area contributed by atoms with Gasteiger partial charge in [-0.15, -0.1) is 0 Å². The number of carbonyl (C=O) groups excluding carboxylic acids is 3. The van der Waals surface area contributed by atoms with Gasteiger partial charge >= 0.3 is 0 Å². The van der Waals surface area contributed by atoms with Crippen molar-refractivity contribution in [1.29, 1.82) is 0 Å². The molecule has 1 aliphatic heterocycles. The number of benzene rings is 2. The van der Waals surface area contributed by atoms with Crippen molar-refractivity contribution in [1.82, 2.24) is 14.5 Å². The van der Waals surface area contributed by atoms with E-state index in [2.05, 4.69) is 5.32 Å². The summed E-state index contributed by atoms with van der Waals surface area (Å²) in [4.78, 5) is 40.4. The first-order valence-electron chi connectivity index (χ1n) is 11.0. The molecule has 2 aromatic carbocycles. The average molecular weight is 488 g/mol. The number of amides is 3. The fourth-order valence-electron chi connectivity index (χ4n) is 3.87. The van der Waals surface area contributed by atoms with Crippen molar-refractivity contribution in [2.24, 2.45) is 0 Å². The van der Waals surface area contributed by atoms with Crippen molar-refractivity contribution < 1.29 is 27.5 Å². The molecule has 0 saturated carbocycles. The largest absolute Gasteiger partial charge is 0.497 e. The van der Waals surface area contributed by atoms with Gasteiger partial charge in [-0.3, -0.25) is 14.4 Å². The predicted molar refractivity (Wildman–Crippen MR) is 126 cm³/mol. The molecule has 0 fully saturated rings. The highest BCUT2D eigenvalue weighted by molar-refractivity contribution is 7.90. The quantitative estimate of drug-likeness (QED) is 0.580. The second-order valence-corrected chi connectivity index (χ2v) is 10.1. The Balaban J connectivity index is 1.94. The van der Waals surface area contributed by atoms with Crippen molar-refractivity contribution >= 4 is 27.7 Å². The van der Waals surface area contributed by atoms with Gasteiger partial charge in [0.1, 0.15) is 23.2 Å². The molecule has 0 aliphatic carbocycles. The summed E-state index contributed by atoms with van der Waals surface area (Å²) in [7, 11) is -2.64. The molecule has 0 radical (unpaired) electrons. The van der Waals surface area contributed by atoms with Crippen molar-refractivity contribution in [3.05, 3.63) is 59.7 Å². The Bertz CT molecular complexity index is 1190. The Morgan fingerprint density at radius 2 is 1.82 bits per heavy atom. The summed E-state index contributed by atoms with van der Waals surface area (Å²) >= 11 is 0. The molecular formula is C24H29N3O6S. The molecule has 1 unspecified atom stereocenters. The van der Waals surface area contributed by atoms with E-state index in [4.69, 9.17) is 4.74 Å². The van der Waals surface area contributed by atoms with Crippen LogP contribution in [0.5, 0.6) is 5.75 Å². The smallest absolute Gasteiger partial charge is 0.269 e. The van der Waals surface area contributed by atoms with Crippen LogP contribution in [0.3, 0.4) is 0 Å². The van der Waals surface area contributed by atoms with Gasteiger partial charge in [-0.2, -0.15) is 0 Å². The molecule has 9 nitrogen and oxygen atoms in total. The zero-order valence-electron chi connectivity index (χ0n) is 19.6. The second kappa shape index (κ2) is 10.3. The van der Waals surface area contributed by atoms with Crippen LogP contribution in [-0.2, 0) is 26.2 Å². The maximum absolute atomic E-state index is 13.5. The minimum Gasteiger partial charge on any atom is -0.497 e. The molecule has 2 aromatic rings. The molecule has 34 heavy (non-hydrogen) atoms. The molecule has 0 saturated heterocycles. The van der Waals surface area contributed by atoms with Crippen LogP contribution < -0.4 is 10.1 Å². The molecule has 1 heterocycles. The lowest BCUT2D eigenvalue weighted by molar-refractivity contribution is -0.141. The fraction of sp³-hybridized carbons (Fsp3) is 0.375. The first-order chi connectivity index (χ1) is 16.1. The third-order valence-corrected chi connectivity index (χ3v) is 7.28. The van der Waals surface area contributed by atoms with E-state index in [0.29, 0.717) is 22.0 Å². The van der Waals surface area contributed by atoms with Crippen molar-refractivity contribution in [2.45, 2.75) is 50.7 Å². The molecule has 0 bridgehead atoms. The van der Waals surface area contributed by atoms with Gasteiger partial charge in [0.2, 0.25) is 11.8 Å². The minimum absolute atomic E-state index is 0.0271. The van der Waals surface area contributed by atoms with Gasteiger partial charge in [0.05, 0.1) is 12.7 Å². The molecule has 0 aromatic heterocycles. The lowest BCUT2D eigenvalue weighted by Gasteiger charge is -2.32. The van der Waals surface area contributed by atoms with Crippen LogP contribution in [0.4, 0.5) is 0 Å². The zero-order chi connectivity index (χ0) is 25.0. The van der Waals surface area contributed by atoms with E-state index in [9.17, 15) is 22.8 Å². The maximum Gasteiger partial charge on any atom is 0.269 e. The summed E-state index contributed by atoms with van der Waals surface area (Å²) in [5.74, 6) is -1.19. The van der Waals surface area contributed by atoms with Gasteiger partial charge in [-0.1, -0.05) is 31.2 Å². The van der Waals surface area contributed by atoms with Gasteiger partial charge in [0.15, 0.2) is 0 Å². The SMILES string of the molecule is CCC(C(=O)NC(C)C)N(Cc1cccc(OC)c1)C(=O)CN1C(=O)c2ccccc2S1(=O)=O. The lowest BCUT2D eigenvalue weighted by atomic mass is 10.1. The third-order valence-electron chi connectivity index (χ3n) is 5.49. The highest BCUT2D eigenvalue weighted by Crippen LogP contribution is 2.30. The summed E-state index contributed by atoms with van der Waals surface area (Å²) in [6.45, 7) is 4.72. The Morgan fingerprint density at radius 3 is 2.44 bits per heavy atom. The summed E-state index contributed by atoms with van der Waals surface area (Å²) in [6.07, 6.45) is 0.301. The van der Waals surface area contributed by atoms with Crippen LogP contribution in [0.15, 0.2) is 53.4 Å². The van der Waals surface area contributed by atoms with Crippen molar-refractivity contribution in [2.75, 3.05) is 13.7 Å². The number of carbonyl (C=O) groups is 3. The zero-order valence-corrected chi connectivity index (χ0v) is 20.5. The van der Waals surface area contributed by atoms with Crippen LogP contribution in [-0.4, -0.2) is 61.1 Å². The topological polar surface area (TPSA) is 113 Å². The van der Waals surface area contributed by atoms with E-state index in [1.54, 1.807) is 37.3 Å². The molecule has 3 rings (SSSR count). The number of sulfonamides is 1. The Morgan fingerprint density at radius 1 is 1.12 bits per heavy atom. The molecule has 1 atom stereocenters. The highest BCUT2D eigenvalue weighted by Gasteiger charge is 2.43. The summed E-state index contributed by atoms with van der Waals surface area (Å²) < 4.78 is 31.7. The molecule has 1 N–H and O–H groups in total. The summed E-state index contributed by atoms with van der Waals surface area (Å²) in [6, 6.07) is 11.9. The Labute approximate surface area is 199 Å². The van der Waals surface area contributed by atoms with Crippen molar-refractivity contribution in [3.63, 3.8) is 0 Å². The third kappa shape index (κ3) is 5.06. The average Bonchev–Trinajstić information content (AvgIpc) is 2.99. The van der Waals surface area contributed by atoms with Crippen LogP contribution in [0.1, 0.15) is 43.1 Å². The normalized spacial score (nSPS) is 15.1. The number of fused-ring (bicyclic) bond motifs is 1. The Hall–Kier alpha value is -3.40. The van der Waals surface area contributed by atoms with Gasteiger partial charge < -0.3 is 15.0 Å². The molecule has 0 spiro atoms.